The van der Waals surface area contributed by atoms with Gasteiger partial charge in [0.25, 0.3) is 0 Å². The first-order valence-corrected chi connectivity index (χ1v) is 4.76. The van der Waals surface area contributed by atoms with Gasteiger partial charge in [-0.2, -0.15) is 0 Å². The van der Waals surface area contributed by atoms with Crippen LogP contribution in [0.15, 0.2) is 0 Å². The van der Waals surface area contributed by atoms with Gasteiger partial charge in [-0.15, -0.1) is 0 Å². The molecular weight excluding hydrogens is 196 g/mol. The summed E-state index contributed by atoms with van der Waals surface area (Å²) in [6, 6.07) is 0. The van der Waals surface area contributed by atoms with Crippen molar-refractivity contribution < 1.29 is 19.3 Å². The Labute approximate surface area is 80.0 Å². The molecule has 0 unspecified atom stereocenters. The minimum atomic E-state index is -0.170. The minimum absolute atomic E-state index is 0.108. The van der Waals surface area contributed by atoms with E-state index in [9.17, 15) is 0 Å². The number of nitrogens with one attached hydrogen (secondary N) is 1. The molecule has 1 aliphatic heterocycles. The normalized spacial score (nSPS) is 25.4. The predicted molar refractivity (Wildman–Crippen MR) is 50.5 cm³/mol. The molecular formula is C6H14N2O4S. The third kappa shape index (κ3) is 4.67. The maximum Gasteiger partial charge on any atom is 0.220 e. The number of hydrogen-bond acceptors (Lipinski definition) is 5. The minimum Gasteiger partial charge on any atom is -0.376 e. The Morgan fingerprint density at radius 3 is 3.15 bits per heavy atom. The van der Waals surface area contributed by atoms with Crippen LogP contribution in [-0.4, -0.2) is 42.9 Å². The summed E-state index contributed by atoms with van der Waals surface area (Å²) in [5.41, 5.74) is 0. The topological polar surface area (TPSA) is 86.0 Å². The van der Waals surface area contributed by atoms with E-state index in [-0.39, 0.29) is 17.9 Å². The second-order valence-corrected chi connectivity index (χ2v) is 3.27. The fourth-order valence-corrected chi connectivity index (χ4v) is 1.14. The highest BCUT2D eigenvalue weighted by Gasteiger charge is 2.14. The third-order valence-corrected chi connectivity index (χ3v) is 1.89. The predicted octanol–water partition coefficient (Wildman–Crippen LogP) is -1.09. The second kappa shape index (κ2) is 6.44. The quantitative estimate of drug-likeness (QED) is 0.205. The zero-order valence-corrected chi connectivity index (χ0v) is 8.00. The van der Waals surface area contributed by atoms with Gasteiger partial charge in [0.1, 0.15) is 6.10 Å². The lowest BCUT2D eigenvalue weighted by atomic mass is 10.4. The summed E-state index contributed by atoms with van der Waals surface area (Å²) in [5.74, 6) is 4.96. The average molecular weight is 210 g/mol. The number of ether oxygens (including phenoxy) is 3. The molecule has 0 aromatic rings. The molecule has 0 radical (unpaired) electrons. The summed E-state index contributed by atoms with van der Waals surface area (Å²) < 4.78 is 15.3. The van der Waals surface area contributed by atoms with Crippen LogP contribution in [0.1, 0.15) is 0 Å². The van der Waals surface area contributed by atoms with Crippen molar-refractivity contribution in [2.75, 3.05) is 26.4 Å². The van der Waals surface area contributed by atoms with Crippen LogP contribution in [0.25, 0.3) is 0 Å². The lowest BCUT2D eigenvalue weighted by molar-refractivity contribution is -0.104. The summed E-state index contributed by atoms with van der Waals surface area (Å²) in [4.78, 5) is 2.24. The van der Waals surface area contributed by atoms with Crippen LogP contribution in [0, 0.1) is 0 Å². The molecule has 0 aromatic heterocycles. The SMILES string of the molecule is NN[SH]=C(O)OC[C@H]1COCCO1. The van der Waals surface area contributed by atoms with Gasteiger partial charge in [0.2, 0.25) is 5.24 Å². The molecule has 0 amide bonds. The number of aliphatic hydroxyl groups excluding tert-OH is 1. The van der Waals surface area contributed by atoms with Crippen LogP contribution in [-0.2, 0) is 14.2 Å². The first-order valence-electron chi connectivity index (χ1n) is 3.87. The Morgan fingerprint density at radius 1 is 1.69 bits per heavy atom. The van der Waals surface area contributed by atoms with Crippen molar-refractivity contribution in [3.63, 3.8) is 0 Å². The van der Waals surface area contributed by atoms with E-state index in [0.717, 1.165) is 0 Å². The molecule has 78 valence electrons. The van der Waals surface area contributed by atoms with Crippen LogP contribution in [0.4, 0.5) is 0 Å². The van der Waals surface area contributed by atoms with Crippen LogP contribution in [0.3, 0.4) is 0 Å². The lowest BCUT2D eigenvalue weighted by Gasteiger charge is -2.22. The maximum atomic E-state index is 9.02. The standard InChI is InChI=1S/C6H14N2O4S/c7-8-13-6(9)12-4-5-3-10-1-2-11-5/h5,8-9,13H,1-4,7H2/t5-/m1/s1. The molecule has 13 heavy (non-hydrogen) atoms. The van der Waals surface area contributed by atoms with Crippen LogP contribution in [0.2, 0.25) is 0 Å². The van der Waals surface area contributed by atoms with Crippen LogP contribution in [0.5, 0.6) is 0 Å². The Kier molecular flexibility index (Phi) is 5.47. The van der Waals surface area contributed by atoms with E-state index in [0.29, 0.717) is 31.4 Å². The second-order valence-electron chi connectivity index (χ2n) is 2.40. The van der Waals surface area contributed by atoms with Crippen LogP contribution < -0.4 is 10.7 Å². The van der Waals surface area contributed by atoms with E-state index in [1.54, 1.807) is 0 Å². The molecule has 1 saturated heterocycles. The molecule has 0 aromatic carbocycles. The molecule has 1 heterocycles. The van der Waals surface area contributed by atoms with Gasteiger partial charge in [0, 0.05) is 0 Å². The van der Waals surface area contributed by atoms with Crippen molar-refractivity contribution >= 4 is 16.8 Å². The smallest absolute Gasteiger partial charge is 0.220 e. The summed E-state index contributed by atoms with van der Waals surface area (Å²) >= 11 is 0.346. The molecule has 0 bridgehead atoms. The van der Waals surface area contributed by atoms with E-state index in [2.05, 4.69) is 4.83 Å². The van der Waals surface area contributed by atoms with Crippen molar-refractivity contribution in [3.8, 4) is 0 Å². The first kappa shape index (κ1) is 11.1. The van der Waals surface area contributed by atoms with Gasteiger partial charge in [0.15, 0.2) is 0 Å². The van der Waals surface area contributed by atoms with Gasteiger partial charge in [-0.1, -0.05) is 11.5 Å². The van der Waals surface area contributed by atoms with Gasteiger partial charge in [-0.05, 0) is 0 Å². The molecule has 6 nitrogen and oxygen atoms in total. The van der Waals surface area contributed by atoms with Gasteiger partial charge in [-0.3, -0.25) is 5.84 Å². The van der Waals surface area contributed by atoms with Gasteiger partial charge >= 0.3 is 0 Å². The molecule has 4 N–H and O–H groups in total. The lowest BCUT2D eigenvalue weighted by Crippen LogP contribution is -2.33. The maximum absolute atomic E-state index is 9.02. The molecule has 1 aliphatic rings. The Morgan fingerprint density at radius 2 is 2.54 bits per heavy atom. The van der Waals surface area contributed by atoms with E-state index in [4.69, 9.17) is 25.2 Å². The van der Waals surface area contributed by atoms with E-state index >= 15 is 0 Å². The highest BCUT2D eigenvalue weighted by atomic mass is 32.1. The molecule has 0 spiro atoms. The molecule has 1 rings (SSSR count). The molecule has 1 atom stereocenters. The Hall–Kier alpha value is -0.0200. The van der Waals surface area contributed by atoms with Crippen molar-refractivity contribution in [2.24, 2.45) is 5.84 Å². The fraction of sp³-hybridized carbons (Fsp3) is 0.833. The van der Waals surface area contributed by atoms with E-state index < -0.39 is 0 Å². The van der Waals surface area contributed by atoms with Crippen LogP contribution >= 0.6 is 11.5 Å². The monoisotopic (exact) mass is 210 g/mol. The third-order valence-electron chi connectivity index (χ3n) is 1.44. The van der Waals surface area contributed by atoms with E-state index in [1.165, 1.54) is 0 Å². The average Bonchev–Trinajstić information content (AvgIpc) is 2.17. The van der Waals surface area contributed by atoms with Gasteiger partial charge < -0.3 is 19.3 Å². The van der Waals surface area contributed by atoms with Crippen molar-refractivity contribution in [1.82, 2.24) is 4.83 Å². The summed E-state index contributed by atoms with van der Waals surface area (Å²) in [5, 5.41) is 8.85. The zero-order valence-electron chi connectivity index (χ0n) is 7.10. The number of hydrazine groups is 1. The number of thiol groups is 1. The molecule has 1 fully saturated rings. The summed E-state index contributed by atoms with van der Waals surface area (Å²) in [6.07, 6.45) is -0.108. The largest absolute Gasteiger partial charge is 0.376 e. The summed E-state index contributed by atoms with van der Waals surface area (Å²) in [6.45, 7) is 1.97. The number of rotatable bonds is 3. The zero-order chi connectivity index (χ0) is 9.52. The summed E-state index contributed by atoms with van der Waals surface area (Å²) in [7, 11) is 0. The van der Waals surface area contributed by atoms with E-state index in [1.807, 2.05) is 0 Å². The highest BCUT2D eigenvalue weighted by molar-refractivity contribution is 7.96. The van der Waals surface area contributed by atoms with Crippen molar-refractivity contribution in [2.45, 2.75) is 6.10 Å². The highest BCUT2D eigenvalue weighted by Crippen LogP contribution is 2.01. The van der Waals surface area contributed by atoms with Crippen molar-refractivity contribution in [1.29, 1.82) is 0 Å². The number of nitrogens with two attached hydrogens (primary N) is 1. The molecule has 0 aliphatic carbocycles. The van der Waals surface area contributed by atoms with Crippen molar-refractivity contribution in [3.05, 3.63) is 0 Å². The Bertz CT molecular complexity index is 172. The fourth-order valence-electron chi connectivity index (χ4n) is 0.888. The number of hydrogen-bond donors (Lipinski definition) is 4. The van der Waals surface area contributed by atoms with Gasteiger partial charge in [-0.25, -0.2) is 4.83 Å². The molecule has 7 heteroatoms. The number of aliphatic hydroxyl groups is 1. The Balaban J connectivity index is 2.13. The van der Waals surface area contributed by atoms with Gasteiger partial charge in [0.05, 0.1) is 26.4 Å². The molecule has 0 saturated carbocycles. The first-order chi connectivity index (χ1) is 6.33.